The molecular formula is C14H13NO3. The number of aliphatic carboxylic acids is 1. The Labute approximate surface area is 105 Å². The van der Waals surface area contributed by atoms with E-state index in [4.69, 9.17) is 6.42 Å². The fourth-order valence-electron chi connectivity index (χ4n) is 2.19. The number of terminal acetylenes is 1. The predicted octanol–water partition coefficient (Wildman–Crippen LogP) is 1.05. The van der Waals surface area contributed by atoms with Gasteiger partial charge in [-0.05, 0) is 11.1 Å². The predicted molar refractivity (Wildman–Crippen MR) is 65.6 cm³/mol. The van der Waals surface area contributed by atoms with Gasteiger partial charge >= 0.3 is 5.97 Å². The number of carbonyl (C=O) groups is 2. The van der Waals surface area contributed by atoms with Crippen molar-refractivity contribution in [1.82, 2.24) is 4.90 Å². The van der Waals surface area contributed by atoms with E-state index < -0.39 is 12.0 Å². The summed E-state index contributed by atoms with van der Waals surface area (Å²) in [6.07, 6.45) is 5.38. The molecule has 1 amide bonds. The van der Waals surface area contributed by atoms with Gasteiger partial charge in [0.2, 0.25) is 5.91 Å². The lowest BCUT2D eigenvalue weighted by Gasteiger charge is -2.34. The van der Waals surface area contributed by atoms with Crippen LogP contribution in [0.5, 0.6) is 0 Å². The fourth-order valence-corrected chi connectivity index (χ4v) is 2.19. The van der Waals surface area contributed by atoms with Crippen LogP contribution in [0.15, 0.2) is 24.3 Å². The molecule has 1 aliphatic heterocycles. The first-order valence-corrected chi connectivity index (χ1v) is 5.66. The summed E-state index contributed by atoms with van der Waals surface area (Å²) >= 11 is 0. The maximum atomic E-state index is 11.8. The summed E-state index contributed by atoms with van der Waals surface area (Å²) in [5.74, 6) is 0.967. The highest BCUT2D eigenvalue weighted by Gasteiger charge is 2.33. The number of amides is 1. The molecule has 1 aromatic carbocycles. The zero-order valence-corrected chi connectivity index (χ0v) is 9.80. The minimum atomic E-state index is -0.991. The molecule has 0 saturated carbocycles. The van der Waals surface area contributed by atoms with Gasteiger partial charge in [0.25, 0.3) is 0 Å². The Kier molecular flexibility index (Phi) is 3.33. The molecule has 1 aromatic rings. The van der Waals surface area contributed by atoms with Crippen molar-refractivity contribution >= 4 is 11.9 Å². The first-order chi connectivity index (χ1) is 8.63. The summed E-state index contributed by atoms with van der Waals surface area (Å²) in [5, 5.41) is 9.21. The molecule has 92 valence electrons. The van der Waals surface area contributed by atoms with E-state index >= 15 is 0 Å². The molecular weight excluding hydrogens is 230 g/mol. The van der Waals surface area contributed by atoms with E-state index in [0.717, 1.165) is 11.1 Å². The molecule has 4 heteroatoms. The van der Waals surface area contributed by atoms with Crippen LogP contribution in [0.1, 0.15) is 17.5 Å². The third-order valence-corrected chi connectivity index (χ3v) is 3.11. The number of carbonyl (C=O) groups excluding carboxylic acids is 1. The minimum absolute atomic E-state index is 0.0635. The van der Waals surface area contributed by atoms with Crippen LogP contribution in [-0.4, -0.2) is 27.9 Å². The third kappa shape index (κ3) is 2.21. The summed E-state index contributed by atoms with van der Waals surface area (Å²) < 4.78 is 0. The number of carboxylic acids is 1. The Morgan fingerprint density at radius 1 is 1.39 bits per heavy atom. The van der Waals surface area contributed by atoms with E-state index in [-0.39, 0.29) is 12.3 Å². The van der Waals surface area contributed by atoms with E-state index in [2.05, 4.69) is 5.92 Å². The van der Waals surface area contributed by atoms with Gasteiger partial charge < -0.3 is 10.0 Å². The van der Waals surface area contributed by atoms with E-state index in [1.54, 1.807) is 0 Å². The lowest BCUT2D eigenvalue weighted by molar-refractivity contribution is -0.151. The van der Waals surface area contributed by atoms with Crippen LogP contribution in [-0.2, 0) is 22.6 Å². The molecule has 0 bridgehead atoms. The molecule has 1 aliphatic rings. The van der Waals surface area contributed by atoms with Gasteiger partial charge in [0.15, 0.2) is 0 Å². The van der Waals surface area contributed by atoms with Gasteiger partial charge in [-0.2, -0.15) is 0 Å². The van der Waals surface area contributed by atoms with E-state index in [0.29, 0.717) is 13.0 Å². The van der Waals surface area contributed by atoms with Crippen LogP contribution in [0.2, 0.25) is 0 Å². The van der Waals surface area contributed by atoms with Crippen LogP contribution >= 0.6 is 0 Å². The fraction of sp³-hybridized carbons (Fsp3) is 0.286. The van der Waals surface area contributed by atoms with Crippen LogP contribution < -0.4 is 0 Å². The average Bonchev–Trinajstić information content (AvgIpc) is 2.37. The summed E-state index contributed by atoms with van der Waals surface area (Å²) in [6.45, 7) is 0.313. The molecule has 0 radical (unpaired) electrons. The number of fused-ring (bicyclic) bond motifs is 1. The van der Waals surface area contributed by atoms with Gasteiger partial charge in [0.05, 0.1) is 6.42 Å². The number of rotatable bonds is 2. The van der Waals surface area contributed by atoms with Gasteiger partial charge in [-0.15, -0.1) is 6.42 Å². The molecule has 0 unspecified atom stereocenters. The number of benzene rings is 1. The van der Waals surface area contributed by atoms with Crippen molar-refractivity contribution in [2.75, 3.05) is 0 Å². The molecule has 0 fully saturated rings. The quantitative estimate of drug-likeness (QED) is 0.790. The molecule has 0 aliphatic carbocycles. The Balaban J connectivity index is 2.32. The first-order valence-electron chi connectivity index (χ1n) is 5.66. The highest BCUT2D eigenvalue weighted by atomic mass is 16.4. The summed E-state index contributed by atoms with van der Waals surface area (Å²) in [5.41, 5.74) is 1.97. The zero-order valence-electron chi connectivity index (χ0n) is 9.80. The monoisotopic (exact) mass is 243 g/mol. The smallest absolute Gasteiger partial charge is 0.326 e. The van der Waals surface area contributed by atoms with Crippen molar-refractivity contribution in [3.63, 3.8) is 0 Å². The second-order valence-electron chi connectivity index (χ2n) is 4.23. The summed E-state index contributed by atoms with van der Waals surface area (Å²) in [6, 6.07) is 6.74. The maximum absolute atomic E-state index is 11.8. The first kappa shape index (κ1) is 12.2. The van der Waals surface area contributed by atoms with Crippen LogP contribution in [0.25, 0.3) is 0 Å². The maximum Gasteiger partial charge on any atom is 0.326 e. The van der Waals surface area contributed by atoms with Crippen molar-refractivity contribution in [3.8, 4) is 12.3 Å². The van der Waals surface area contributed by atoms with Crippen molar-refractivity contribution in [2.45, 2.75) is 25.4 Å². The Bertz CT molecular complexity index is 530. The van der Waals surface area contributed by atoms with E-state index in [1.807, 2.05) is 24.3 Å². The van der Waals surface area contributed by atoms with Crippen LogP contribution in [0.3, 0.4) is 0 Å². The Morgan fingerprint density at radius 3 is 2.67 bits per heavy atom. The lowest BCUT2D eigenvalue weighted by Crippen LogP contribution is -2.48. The molecule has 2 rings (SSSR count). The summed E-state index contributed by atoms with van der Waals surface area (Å²) in [7, 11) is 0. The van der Waals surface area contributed by atoms with E-state index in [9.17, 15) is 14.7 Å². The van der Waals surface area contributed by atoms with Gasteiger partial charge in [0, 0.05) is 13.0 Å². The number of hydrogen-bond acceptors (Lipinski definition) is 2. The second-order valence-corrected chi connectivity index (χ2v) is 4.23. The molecule has 1 atom stereocenters. The Morgan fingerprint density at radius 2 is 2.06 bits per heavy atom. The zero-order chi connectivity index (χ0) is 13.1. The highest BCUT2D eigenvalue weighted by molar-refractivity contribution is 5.85. The van der Waals surface area contributed by atoms with Crippen LogP contribution in [0, 0.1) is 12.3 Å². The number of carboxylic acid groups (broad SMARTS) is 1. The second kappa shape index (κ2) is 4.92. The van der Waals surface area contributed by atoms with Gasteiger partial charge in [-0.1, -0.05) is 30.2 Å². The third-order valence-electron chi connectivity index (χ3n) is 3.11. The molecule has 1 heterocycles. The van der Waals surface area contributed by atoms with Gasteiger partial charge in [-0.25, -0.2) is 4.79 Å². The van der Waals surface area contributed by atoms with Crippen molar-refractivity contribution in [2.24, 2.45) is 0 Å². The Hall–Kier alpha value is -2.28. The highest BCUT2D eigenvalue weighted by Crippen LogP contribution is 2.23. The van der Waals surface area contributed by atoms with Gasteiger partial charge in [-0.3, -0.25) is 4.79 Å². The molecule has 0 saturated heterocycles. The normalized spacial score (nSPS) is 17.7. The summed E-state index contributed by atoms with van der Waals surface area (Å²) in [4.78, 5) is 24.4. The molecule has 1 N–H and O–H groups in total. The molecule has 0 aromatic heterocycles. The van der Waals surface area contributed by atoms with Crippen LogP contribution in [0.4, 0.5) is 0 Å². The SMILES string of the molecule is C#CCC(=O)N1Cc2ccccc2C[C@@H]1C(=O)O. The lowest BCUT2D eigenvalue weighted by atomic mass is 9.94. The minimum Gasteiger partial charge on any atom is -0.480 e. The van der Waals surface area contributed by atoms with Gasteiger partial charge in [0.1, 0.15) is 6.04 Å². The van der Waals surface area contributed by atoms with Crippen molar-refractivity contribution in [1.29, 1.82) is 0 Å². The van der Waals surface area contributed by atoms with E-state index in [1.165, 1.54) is 4.90 Å². The standard InChI is InChI=1S/C14H13NO3/c1-2-5-13(16)15-9-11-7-4-3-6-10(11)8-12(15)14(17)18/h1,3-4,6-7,12H,5,8-9H2,(H,17,18)/t12-/m1/s1. The molecule has 4 nitrogen and oxygen atoms in total. The molecule has 0 spiro atoms. The van der Waals surface area contributed by atoms with Crippen molar-refractivity contribution < 1.29 is 14.7 Å². The number of hydrogen-bond donors (Lipinski definition) is 1. The largest absolute Gasteiger partial charge is 0.480 e. The average molecular weight is 243 g/mol. The number of nitrogens with zero attached hydrogens (tertiary/aromatic N) is 1. The topological polar surface area (TPSA) is 57.6 Å². The van der Waals surface area contributed by atoms with Crippen molar-refractivity contribution in [3.05, 3.63) is 35.4 Å². The molecule has 18 heavy (non-hydrogen) atoms.